The van der Waals surface area contributed by atoms with E-state index in [0.717, 1.165) is 24.8 Å². The molecule has 8 nitrogen and oxygen atoms in total. The third kappa shape index (κ3) is 5.10. The molecule has 3 aliphatic heterocycles. The van der Waals surface area contributed by atoms with Gasteiger partial charge in [0.25, 0.3) is 0 Å². The van der Waals surface area contributed by atoms with Crippen molar-refractivity contribution >= 4 is 33.4 Å². The molecule has 3 aromatic carbocycles. The fraction of sp³-hybridized carbons (Fsp3) is 0.371. The molecule has 7 rings (SSSR count). The normalized spacial score (nSPS) is 23.1. The van der Waals surface area contributed by atoms with E-state index < -0.39 is 29.4 Å². The van der Waals surface area contributed by atoms with Crippen LogP contribution in [-0.2, 0) is 4.79 Å². The molecule has 3 saturated heterocycles. The minimum absolute atomic E-state index is 0.0408. The molecule has 0 aliphatic carbocycles. The first-order chi connectivity index (χ1) is 22.3. The smallest absolute Gasteiger partial charge is 0.319 e. The lowest BCUT2D eigenvalue weighted by molar-refractivity contribution is -0.128. The molecule has 3 fully saturated rings. The molecular formula is C35H33F3N6O2. The number of amides is 1. The second kappa shape index (κ2) is 11.9. The Labute approximate surface area is 264 Å². The molecule has 1 aromatic heterocycles. The number of alkyl halides is 1. The summed E-state index contributed by atoms with van der Waals surface area (Å²) in [5.41, 5.74) is -0.396. The molecule has 11 heteroatoms. The van der Waals surface area contributed by atoms with E-state index in [1.165, 1.54) is 12.1 Å². The predicted molar refractivity (Wildman–Crippen MR) is 170 cm³/mol. The van der Waals surface area contributed by atoms with Gasteiger partial charge >= 0.3 is 6.01 Å². The van der Waals surface area contributed by atoms with Crippen LogP contribution in [0.25, 0.3) is 37.6 Å². The van der Waals surface area contributed by atoms with Gasteiger partial charge in [0.05, 0.1) is 11.1 Å². The Kier molecular flexibility index (Phi) is 7.77. The van der Waals surface area contributed by atoms with Gasteiger partial charge in [-0.25, -0.2) is 19.7 Å². The van der Waals surface area contributed by atoms with Crippen molar-refractivity contribution in [3.05, 3.63) is 84.2 Å². The second-order valence-electron chi connectivity index (χ2n) is 12.3. The van der Waals surface area contributed by atoms with Gasteiger partial charge in [-0.2, -0.15) is 9.97 Å². The number of fused-ring (bicyclic) bond motifs is 3. The van der Waals surface area contributed by atoms with Gasteiger partial charge in [0.1, 0.15) is 36.0 Å². The van der Waals surface area contributed by atoms with Gasteiger partial charge in [-0.1, -0.05) is 49.0 Å². The molecule has 46 heavy (non-hydrogen) atoms. The summed E-state index contributed by atoms with van der Waals surface area (Å²) in [6, 6.07) is 13.4. The quantitative estimate of drug-likeness (QED) is 0.191. The highest BCUT2D eigenvalue weighted by Crippen LogP contribution is 2.42. The minimum Gasteiger partial charge on any atom is -0.461 e. The van der Waals surface area contributed by atoms with Gasteiger partial charge in [0.2, 0.25) is 12.5 Å². The van der Waals surface area contributed by atoms with Crippen molar-refractivity contribution in [2.75, 3.05) is 50.8 Å². The van der Waals surface area contributed by atoms with Crippen molar-refractivity contribution < 1.29 is 22.7 Å². The standard InChI is InChI=1S/C35H33F3N6O2/c1-3-29(45)44-15-14-42(20-24(44)18-39-2)33-27-16-28(37)30(26-11-6-9-22-8-4-5-10-25(22)26)31(38)32(27)40-34(41-33)46-21-35-12-7-13-43(35)19-23(36)17-35/h3-6,8-11,16,23-24H,1,7,12-15,17-21H2/t23-,24+,35+/m1/s1. The van der Waals surface area contributed by atoms with Crippen LogP contribution in [0.5, 0.6) is 6.01 Å². The summed E-state index contributed by atoms with van der Waals surface area (Å²) in [7, 11) is 0. The van der Waals surface area contributed by atoms with Gasteiger partial charge in [-0.05, 0) is 47.9 Å². The number of rotatable bonds is 7. The number of aromatic nitrogens is 2. The maximum atomic E-state index is 16.7. The zero-order valence-electron chi connectivity index (χ0n) is 25.3. The van der Waals surface area contributed by atoms with E-state index in [-0.39, 0.29) is 60.4 Å². The number of ether oxygens (including phenoxy) is 1. The van der Waals surface area contributed by atoms with Crippen LogP contribution >= 0.6 is 0 Å². The van der Waals surface area contributed by atoms with Crippen LogP contribution in [0.4, 0.5) is 19.0 Å². The Balaban J connectivity index is 1.35. The SMILES string of the molecule is [C-]#[N+]C[C@H]1CN(c2nc(OC[C@@]34CCCN3C[C@H](F)C4)nc3c(F)c(-c4cccc5ccccc45)c(F)cc23)CCN1C(=O)C=C. The molecule has 1 amide bonds. The zero-order chi connectivity index (χ0) is 32.0. The highest BCUT2D eigenvalue weighted by molar-refractivity contribution is 6.00. The summed E-state index contributed by atoms with van der Waals surface area (Å²) in [6.07, 6.45) is 2.31. The van der Waals surface area contributed by atoms with E-state index >= 15 is 8.78 Å². The van der Waals surface area contributed by atoms with Gasteiger partial charge in [0.15, 0.2) is 5.82 Å². The summed E-state index contributed by atoms with van der Waals surface area (Å²) in [5.74, 6) is -1.65. The van der Waals surface area contributed by atoms with Crippen LogP contribution in [-0.4, -0.2) is 89.3 Å². The number of carbonyl (C=O) groups is 1. The van der Waals surface area contributed by atoms with Crippen molar-refractivity contribution in [1.82, 2.24) is 19.8 Å². The molecule has 4 heterocycles. The number of hydrogen-bond donors (Lipinski definition) is 0. The highest BCUT2D eigenvalue weighted by Gasteiger charge is 2.49. The second-order valence-corrected chi connectivity index (χ2v) is 12.3. The van der Waals surface area contributed by atoms with Gasteiger partial charge in [0, 0.05) is 38.0 Å². The van der Waals surface area contributed by atoms with Crippen molar-refractivity contribution in [2.24, 2.45) is 0 Å². The number of piperazine rings is 1. The number of hydrogen-bond acceptors (Lipinski definition) is 6. The van der Waals surface area contributed by atoms with E-state index in [9.17, 15) is 9.18 Å². The van der Waals surface area contributed by atoms with Crippen molar-refractivity contribution in [2.45, 2.75) is 37.0 Å². The fourth-order valence-corrected chi connectivity index (χ4v) is 7.52. The van der Waals surface area contributed by atoms with E-state index in [2.05, 4.69) is 26.3 Å². The lowest BCUT2D eigenvalue weighted by Crippen LogP contribution is -2.56. The largest absolute Gasteiger partial charge is 0.461 e. The highest BCUT2D eigenvalue weighted by atomic mass is 19.1. The molecule has 3 atom stereocenters. The number of nitrogens with zero attached hydrogens (tertiary/aromatic N) is 6. The lowest BCUT2D eigenvalue weighted by atomic mass is 9.95. The van der Waals surface area contributed by atoms with Crippen molar-refractivity contribution in [3.63, 3.8) is 0 Å². The molecule has 0 saturated carbocycles. The summed E-state index contributed by atoms with van der Waals surface area (Å²) >= 11 is 0. The van der Waals surface area contributed by atoms with Crippen LogP contribution in [0.3, 0.4) is 0 Å². The van der Waals surface area contributed by atoms with Gasteiger partial charge < -0.3 is 19.4 Å². The average molecular weight is 627 g/mol. The molecule has 0 bridgehead atoms. The van der Waals surface area contributed by atoms with Crippen molar-refractivity contribution in [3.8, 4) is 17.1 Å². The maximum absolute atomic E-state index is 16.7. The number of anilines is 1. The van der Waals surface area contributed by atoms with Crippen LogP contribution in [0.1, 0.15) is 19.3 Å². The van der Waals surface area contributed by atoms with Crippen LogP contribution in [0.2, 0.25) is 0 Å². The van der Waals surface area contributed by atoms with Crippen molar-refractivity contribution in [1.29, 1.82) is 0 Å². The Morgan fingerprint density at radius 3 is 2.76 bits per heavy atom. The lowest BCUT2D eigenvalue weighted by Gasteiger charge is -2.39. The number of carbonyl (C=O) groups excluding carboxylic acids is 1. The Morgan fingerprint density at radius 2 is 1.93 bits per heavy atom. The number of halogens is 3. The first-order valence-electron chi connectivity index (χ1n) is 15.5. The topological polar surface area (TPSA) is 66.2 Å². The van der Waals surface area contributed by atoms with Crippen LogP contribution < -0.4 is 9.64 Å². The van der Waals surface area contributed by atoms with E-state index in [1.807, 2.05) is 35.2 Å². The summed E-state index contributed by atoms with van der Waals surface area (Å²) in [5, 5.41) is 1.69. The first kappa shape index (κ1) is 30.0. The van der Waals surface area contributed by atoms with E-state index in [0.29, 0.717) is 30.5 Å². The summed E-state index contributed by atoms with van der Waals surface area (Å²) in [6.45, 7) is 13.1. The molecule has 0 spiro atoms. The van der Waals surface area contributed by atoms with E-state index in [1.54, 1.807) is 17.0 Å². The molecule has 3 aliphatic rings. The molecule has 0 N–H and O–H groups in total. The van der Waals surface area contributed by atoms with Gasteiger partial charge in [-0.15, -0.1) is 0 Å². The summed E-state index contributed by atoms with van der Waals surface area (Å²) < 4.78 is 53.5. The van der Waals surface area contributed by atoms with Crippen LogP contribution in [0, 0.1) is 18.2 Å². The molecule has 236 valence electrons. The monoisotopic (exact) mass is 626 g/mol. The maximum Gasteiger partial charge on any atom is 0.319 e. The van der Waals surface area contributed by atoms with E-state index in [4.69, 9.17) is 11.3 Å². The zero-order valence-corrected chi connectivity index (χ0v) is 25.3. The third-order valence-electron chi connectivity index (χ3n) is 9.67. The molecule has 0 unspecified atom stereocenters. The third-order valence-corrected chi connectivity index (χ3v) is 9.67. The Morgan fingerprint density at radius 1 is 1.11 bits per heavy atom. The average Bonchev–Trinajstić information content (AvgIpc) is 3.59. The molecule has 4 aromatic rings. The fourth-order valence-electron chi connectivity index (χ4n) is 7.52. The van der Waals surface area contributed by atoms with Crippen LogP contribution in [0.15, 0.2) is 61.2 Å². The molecule has 0 radical (unpaired) electrons. The summed E-state index contributed by atoms with van der Waals surface area (Å²) in [4.78, 5) is 30.8. The van der Waals surface area contributed by atoms with Gasteiger partial charge in [-0.3, -0.25) is 9.69 Å². The molecular weight excluding hydrogens is 593 g/mol. The first-order valence-corrected chi connectivity index (χ1v) is 15.5. The number of benzene rings is 3. The predicted octanol–water partition coefficient (Wildman–Crippen LogP) is 5.81. The Bertz CT molecular complexity index is 1890. The minimum atomic E-state index is -0.949. The Hall–Kier alpha value is -4.69.